The number of sulfone groups is 1. The number of sulfonamides is 1. The summed E-state index contributed by atoms with van der Waals surface area (Å²) in [7, 11) is -7.40. The summed E-state index contributed by atoms with van der Waals surface area (Å²) >= 11 is 5.67. The highest BCUT2D eigenvalue weighted by molar-refractivity contribution is 7.92. The molecule has 0 aliphatic carbocycles. The van der Waals surface area contributed by atoms with Crippen molar-refractivity contribution in [3.8, 4) is 0 Å². The second-order valence-corrected chi connectivity index (χ2v) is 10.6. The lowest BCUT2D eigenvalue weighted by Crippen LogP contribution is -2.43. The molecule has 5 nitrogen and oxygen atoms in total. The molecule has 1 fully saturated rings. The molecule has 1 aliphatic rings. The van der Waals surface area contributed by atoms with Crippen LogP contribution in [0.1, 0.15) is 20.3 Å². The van der Waals surface area contributed by atoms with Crippen LogP contribution in [0.3, 0.4) is 0 Å². The van der Waals surface area contributed by atoms with Crippen LogP contribution >= 0.6 is 11.6 Å². The molecule has 0 aromatic heterocycles. The summed E-state index contributed by atoms with van der Waals surface area (Å²) in [5.74, 6) is -1.24. The molecular weight excluding hydrogens is 365 g/mol. The van der Waals surface area contributed by atoms with Crippen molar-refractivity contribution < 1.29 is 21.2 Å². The Kier molecular flexibility index (Phi) is 5.40. The van der Waals surface area contributed by atoms with Crippen LogP contribution in [0.25, 0.3) is 0 Å². The third-order valence-electron chi connectivity index (χ3n) is 3.64. The Hall–Kier alpha value is -0.700. The quantitative estimate of drug-likeness (QED) is 0.782. The third-order valence-corrected chi connectivity index (χ3v) is 7.58. The summed E-state index contributed by atoms with van der Waals surface area (Å²) in [6, 6.07) is 2.69. The summed E-state index contributed by atoms with van der Waals surface area (Å²) in [6.07, 6.45) is 0.226. The minimum Gasteiger partial charge on any atom is -0.229 e. The van der Waals surface area contributed by atoms with Crippen molar-refractivity contribution in [1.29, 1.82) is 0 Å². The number of hydrogen-bond acceptors (Lipinski definition) is 4. The van der Waals surface area contributed by atoms with E-state index in [1.54, 1.807) is 0 Å². The Morgan fingerprint density at radius 2 is 2.04 bits per heavy atom. The van der Waals surface area contributed by atoms with Crippen molar-refractivity contribution >= 4 is 31.5 Å². The molecule has 0 radical (unpaired) electrons. The Labute approximate surface area is 141 Å². The molecule has 0 amide bonds. The maximum atomic E-state index is 14.1. The van der Waals surface area contributed by atoms with E-state index in [1.807, 2.05) is 13.8 Å². The van der Waals surface area contributed by atoms with Crippen LogP contribution in [0.5, 0.6) is 0 Å². The van der Waals surface area contributed by atoms with E-state index in [1.165, 1.54) is 6.07 Å². The first-order valence-electron chi connectivity index (χ1n) is 7.20. The van der Waals surface area contributed by atoms with E-state index in [-0.39, 0.29) is 35.4 Å². The lowest BCUT2D eigenvalue weighted by molar-refractivity contribution is 0.306. The highest BCUT2D eigenvalue weighted by Crippen LogP contribution is 2.28. The number of rotatable bonds is 5. The van der Waals surface area contributed by atoms with Crippen molar-refractivity contribution in [2.24, 2.45) is 5.92 Å². The first-order valence-corrected chi connectivity index (χ1v) is 10.8. The predicted octanol–water partition coefficient (Wildman–Crippen LogP) is 2.31. The van der Waals surface area contributed by atoms with Crippen molar-refractivity contribution in [1.82, 2.24) is 4.31 Å². The fraction of sp³-hybridized carbons (Fsp3) is 0.571. The van der Waals surface area contributed by atoms with Gasteiger partial charge >= 0.3 is 0 Å². The molecule has 1 aliphatic heterocycles. The number of nitrogens with zero attached hydrogens (tertiary/aromatic N) is 1. The standard InChI is InChI=1S/C14H19ClFNO4S2/c1-10(2)8-17(12-5-6-22(18,19)9-12)23(20,21)14-4-3-11(15)7-13(14)16/h3-4,7,10,12H,5-6,8-9H2,1-2H3/t12-/m0/s1. The van der Waals surface area contributed by atoms with Gasteiger partial charge in [-0.2, -0.15) is 4.31 Å². The molecule has 0 saturated carbocycles. The van der Waals surface area contributed by atoms with E-state index in [0.29, 0.717) is 0 Å². The van der Waals surface area contributed by atoms with Crippen molar-refractivity contribution in [2.75, 3.05) is 18.1 Å². The average Bonchev–Trinajstić information content (AvgIpc) is 2.75. The molecule has 9 heteroatoms. The number of hydrogen-bond donors (Lipinski definition) is 0. The van der Waals surface area contributed by atoms with Gasteiger partial charge in [-0.3, -0.25) is 0 Å². The highest BCUT2D eigenvalue weighted by Gasteiger charge is 2.39. The SMILES string of the molecule is CC(C)CN([C@H]1CCS(=O)(=O)C1)S(=O)(=O)c1ccc(Cl)cc1F. The van der Waals surface area contributed by atoms with Gasteiger partial charge in [0, 0.05) is 17.6 Å². The Morgan fingerprint density at radius 3 is 2.52 bits per heavy atom. The summed E-state index contributed by atoms with van der Waals surface area (Å²) in [5.41, 5.74) is 0. The largest absolute Gasteiger partial charge is 0.246 e. The molecule has 1 atom stereocenters. The number of benzene rings is 1. The van der Waals surface area contributed by atoms with Gasteiger partial charge in [-0.15, -0.1) is 0 Å². The molecule has 0 spiro atoms. The van der Waals surface area contributed by atoms with E-state index in [0.717, 1.165) is 16.4 Å². The molecule has 1 aromatic carbocycles. The van der Waals surface area contributed by atoms with Crippen LogP contribution in [-0.2, 0) is 19.9 Å². The molecule has 1 aromatic rings. The van der Waals surface area contributed by atoms with Gasteiger partial charge in [-0.1, -0.05) is 25.4 Å². The van der Waals surface area contributed by atoms with Gasteiger partial charge < -0.3 is 0 Å². The monoisotopic (exact) mass is 383 g/mol. The first kappa shape index (κ1) is 18.6. The fourth-order valence-corrected chi connectivity index (χ4v) is 6.47. The summed E-state index contributed by atoms with van der Waals surface area (Å²) in [5, 5.41) is 0.0975. The second kappa shape index (κ2) is 6.66. The molecule has 1 heterocycles. The number of halogens is 2. The maximum absolute atomic E-state index is 14.1. The van der Waals surface area contributed by atoms with Gasteiger partial charge in [-0.25, -0.2) is 21.2 Å². The molecule has 0 N–H and O–H groups in total. The van der Waals surface area contributed by atoms with Crippen LogP contribution in [0, 0.1) is 11.7 Å². The van der Waals surface area contributed by atoms with E-state index < -0.39 is 36.6 Å². The molecule has 2 rings (SSSR count). The van der Waals surface area contributed by atoms with Gasteiger partial charge in [0.05, 0.1) is 11.5 Å². The van der Waals surface area contributed by atoms with Crippen molar-refractivity contribution in [3.05, 3.63) is 29.0 Å². The van der Waals surface area contributed by atoms with Crippen LogP contribution in [0.4, 0.5) is 4.39 Å². The molecule has 0 unspecified atom stereocenters. The molecular formula is C14H19ClFNO4S2. The minimum atomic E-state index is -4.14. The van der Waals surface area contributed by atoms with E-state index in [2.05, 4.69) is 0 Å². The topological polar surface area (TPSA) is 71.5 Å². The third kappa shape index (κ3) is 4.23. The van der Waals surface area contributed by atoms with Crippen LogP contribution in [0.2, 0.25) is 5.02 Å². The zero-order valence-corrected chi connectivity index (χ0v) is 15.3. The summed E-state index contributed by atoms with van der Waals surface area (Å²) in [4.78, 5) is -0.480. The minimum absolute atomic E-state index is 0.0246. The van der Waals surface area contributed by atoms with E-state index in [9.17, 15) is 21.2 Å². The zero-order valence-electron chi connectivity index (χ0n) is 12.9. The molecule has 130 valence electrons. The first-order chi connectivity index (χ1) is 10.5. The Morgan fingerprint density at radius 1 is 1.39 bits per heavy atom. The Bertz CT molecular complexity index is 793. The molecule has 0 bridgehead atoms. The van der Waals surface area contributed by atoms with E-state index >= 15 is 0 Å². The fourth-order valence-electron chi connectivity index (χ4n) is 2.62. The van der Waals surface area contributed by atoms with Gasteiger partial charge in [0.25, 0.3) is 0 Å². The lowest BCUT2D eigenvalue weighted by Gasteiger charge is -2.29. The van der Waals surface area contributed by atoms with Crippen LogP contribution < -0.4 is 0 Å². The van der Waals surface area contributed by atoms with Crippen molar-refractivity contribution in [2.45, 2.75) is 31.2 Å². The highest BCUT2D eigenvalue weighted by atomic mass is 35.5. The Balaban J connectivity index is 2.45. The van der Waals surface area contributed by atoms with Gasteiger partial charge in [-0.05, 0) is 30.5 Å². The van der Waals surface area contributed by atoms with Crippen LogP contribution in [0.15, 0.2) is 23.1 Å². The summed E-state index contributed by atoms with van der Waals surface area (Å²) in [6.45, 7) is 3.78. The second-order valence-electron chi connectivity index (χ2n) is 6.10. The zero-order chi connectivity index (χ0) is 17.4. The van der Waals surface area contributed by atoms with Gasteiger partial charge in [0.15, 0.2) is 9.84 Å². The van der Waals surface area contributed by atoms with Crippen LogP contribution in [-0.4, -0.2) is 45.2 Å². The predicted molar refractivity (Wildman–Crippen MR) is 87.2 cm³/mol. The average molecular weight is 384 g/mol. The lowest BCUT2D eigenvalue weighted by atomic mass is 10.2. The smallest absolute Gasteiger partial charge is 0.229 e. The maximum Gasteiger partial charge on any atom is 0.246 e. The van der Waals surface area contributed by atoms with Crippen molar-refractivity contribution in [3.63, 3.8) is 0 Å². The van der Waals surface area contributed by atoms with E-state index in [4.69, 9.17) is 11.6 Å². The molecule has 1 saturated heterocycles. The van der Waals surface area contributed by atoms with Gasteiger partial charge in [0.2, 0.25) is 10.0 Å². The summed E-state index contributed by atoms with van der Waals surface area (Å²) < 4.78 is 64.3. The molecule has 23 heavy (non-hydrogen) atoms. The van der Waals surface area contributed by atoms with Gasteiger partial charge in [0.1, 0.15) is 10.7 Å². The normalized spacial score (nSPS) is 21.2.